The predicted octanol–water partition coefficient (Wildman–Crippen LogP) is 1.88. The maximum absolute atomic E-state index is 12.3. The van der Waals surface area contributed by atoms with E-state index in [1.165, 1.54) is 5.56 Å². The first-order valence-electron chi connectivity index (χ1n) is 8.79. The fraction of sp³-hybridized carbons (Fsp3) is 0.211. The van der Waals surface area contributed by atoms with Gasteiger partial charge in [-0.05, 0) is 24.5 Å². The average Bonchev–Trinajstić information content (AvgIpc) is 3.33. The Kier molecular flexibility index (Phi) is 4.86. The van der Waals surface area contributed by atoms with E-state index < -0.39 is 0 Å². The third kappa shape index (κ3) is 4.17. The van der Waals surface area contributed by atoms with Crippen LogP contribution in [-0.4, -0.2) is 35.3 Å². The number of rotatable bonds is 7. The van der Waals surface area contributed by atoms with Gasteiger partial charge in [-0.15, -0.1) is 5.10 Å². The maximum atomic E-state index is 12.3. The normalized spacial score (nSPS) is 11.0. The minimum absolute atomic E-state index is 0.269. The van der Waals surface area contributed by atoms with Gasteiger partial charge in [0.15, 0.2) is 5.69 Å². The smallest absolute Gasteiger partial charge is 0.273 e. The lowest BCUT2D eigenvalue weighted by Gasteiger charge is -2.01. The Morgan fingerprint density at radius 2 is 2.00 bits per heavy atom. The fourth-order valence-electron chi connectivity index (χ4n) is 2.83. The van der Waals surface area contributed by atoms with Crippen LogP contribution in [0, 0.1) is 0 Å². The molecule has 0 saturated heterocycles. The van der Waals surface area contributed by atoms with Crippen molar-refractivity contribution in [3.63, 3.8) is 0 Å². The van der Waals surface area contributed by atoms with Crippen molar-refractivity contribution in [2.24, 2.45) is 0 Å². The van der Waals surface area contributed by atoms with E-state index in [0.29, 0.717) is 24.6 Å². The zero-order valence-electron chi connectivity index (χ0n) is 14.7. The van der Waals surface area contributed by atoms with Crippen LogP contribution < -0.4 is 5.32 Å². The second-order valence-electron chi connectivity index (χ2n) is 6.20. The molecule has 4 aromatic rings. The van der Waals surface area contributed by atoms with Gasteiger partial charge in [0.2, 0.25) is 5.78 Å². The third-order valence-electron chi connectivity index (χ3n) is 4.18. The summed E-state index contributed by atoms with van der Waals surface area (Å²) in [6, 6.07) is 12.1. The number of aromatic nitrogens is 6. The highest BCUT2D eigenvalue weighted by atomic mass is 16.2. The minimum Gasteiger partial charge on any atom is -0.345 e. The molecule has 136 valence electrons. The van der Waals surface area contributed by atoms with E-state index in [9.17, 15) is 4.79 Å². The van der Waals surface area contributed by atoms with Gasteiger partial charge in [0.05, 0.1) is 18.4 Å². The van der Waals surface area contributed by atoms with Gasteiger partial charge in [0, 0.05) is 25.1 Å². The number of carbonyl (C=O) groups is 1. The molecule has 1 aromatic carbocycles. The van der Waals surface area contributed by atoms with Gasteiger partial charge in [0.25, 0.3) is 5.91 Å². The lowest BCUT2D eigenvalue weighted by atomic mass is 10.1. The monoisotopic (exact) mass is 361 g/mol. The summed E-state index contributed by atoms with van der Waals surface area (Å²) in [5.74, 6) is 0.334. The zero-order chi connectivity index (χ0) is 18.5. The third-order valence-corrected chi connectivity index (χ3v) is 4.18. The fourth-order valence-corrected chi connectivity index (χ4v) is 2.83. The van der Waals surface area contributed by atoms with Crippen LogP contribution in [0.25, 0.3) is 5.78 Å². The van der Waals surface area contributed by atoms with Crippen LogP contribution in [0.2, 0.25) is 0 Å². The number of amides is 1. The van der Waals surface area contributed by atoms with Crippen molar-refractivity contribution in [2.45, 2.75) is 25.9 Å². The second kappa shape index (κ2) is 7.77. The quantitative estimate of drug-likeness (QED) is 0.543. The Hall–Kier alpha value is -3.55. The first-order chi connectivity index (χ1) is 13.3. The van der Waals surface area contributed by atoms with E-state index >= 15 is 0 Å². The SMILES string of the molecule is O=C(NCc1cn2cccnc2n1)c1cn(CCCc2ccccc2)nn1. The van der Waals surface area contributed by atoms with E-state index in [-0.39, 0.29) is 5.91 Å². The molecule has 8 nitrogen and oxygen atoms in total. The number of imidazole rings is 1. The number of carbonyl (C=O) groups excluding carboxylic acids is 1. The zero-order valence-corrected chi connectivity index (χ0v) is 14.7. The van der Waals surface area contributed by atoms with E-state index in [2.05, 4.69) is 37.7 Å². The van der Waals surface area contributed by atoms with Gasteiger partial charge < -0.3 is 5.32 Å². The van der Waals surface area contributed by atoms with Gasteiger partial charge in [-0.1, -0.05) is 35.5 Å². The Morgan fingerprint density at radius 1 is 1.11 bits per heavy atom. The molecular formula is C19H19N7O. The number of fused-ring (bicyclic) bond motifs is 1. The van der Waals surface area contributed by atoms with E-state index in [0.717, 1.165) is 18.5 Å². The van der Waals surface area contributed by atoms with Crippen LogP contribution in [0.5, 0.6) is 0 Å². The molecule has 0 aliphatic carbocycles. The Morgan fingerprint density at radius 3 is 2.85 bits per heavy atom. The van der Waals surface area contributed by atoms with Crippen LogP contribution in [0.4, 0.5) is 0 Å². The van der Waals surface area contributed by atoms with Crippen LogP contribution >= 0.6 is 0 Å². The Balaban J connectivity index is 1.29. The molecule has 0 bridgehead atoms. The number of nitrogens with zero attached hydrogens (tertiary/aromatic N) is 6. The molecule has 0 aliphatic rings. The number of hydrogen-bond acceptors (Lipinski definition) is 5. The first-order valence-corrected chi connectivity index (χ1v) is 8.79. The molecule has 0 aliphatic heterocycles. The highest BCUT2D eigenvalue weighted by molar-refractivity contribution is 5.91. The number of hydrogen-bond donors (Lipinski definition) is 1. The van der Waals surface area contributed by atoms with E-state index in [4.69, 9.17) is 0 Å². The first kappa shape index (κ1) is 16.9. The molecule has 8 heteroatoms. The lowest BCUT2D eigenvalue weighted by Crippen LogP contribution is -2.23. The highest BCUT2D eigenvalue weighted by Crippen LogP contribution is 2.05. The molecule has 0 radical (unpaired) electrons. The number of benzene rings is 1. The summed E-state index contributed by atoms with van der Waals surface area (Å²) < 4.78 is 3.51. The standard InChI is InChI=1S/C19H19N7O/c27-18(21-12-16-13-25-10-5-9-20-19(25)22-16)17-14-26(24-23-17)11-4-8-15-6-2-1-3-7-15/h1-3,5-7,9-10,13-14H,4,8,11-12H2,(H,21,27). The van der Waals surface area contributed by atoms with Gasteiger partial charge in [-0.25, -0.2) is 9.97 Å². The largest absolute Gasteiger partial charge is 0.345 e. The van der Waals surface area contributed by atoms with Crippen molar-refractivity contribution in [1.82, 2.24) is 34.7 Å². The van der Waals surface area contributed by atoms with Crippen molar-refractivity contribution < 1.29 is 4.79 Å². The molecule has 0 unspecified atom stereocenters. The molecule has 3 aromatic heterocycles. The van der Waals surface area contributed by atoms with Crippen molar-refractivity contribution in [2.75, 3.05) is 0 Å². The van der Waals surface area contributed by atoms with Gasteiger partial charge in [-0.2, -0.15) is 0 Å². The molecule has 1 amide bonds. The van der Waals surface area contributed by atoms with Crippen LogP contribution in [0.3, 0.4) is 0 Å². The van der Waals surface area contributed by atoms with Gasteiger partial charge in [-0.3, -0.25) is 13.9 Å². The molecular weight excluding hydrogens is 342 g/mol. The summed E-state index contributed by atoms with van der Waals surface area (Å²) in [7, 11) is 0. The molecule has 4 rings (SSSR count). The van der Waals surface area contributed by atoms with E-state index in [1.54, 1.807) is 17.1 Å². The van der Waals surface area contributed by atoms with Crippen LogP contribution in [0.15, 0.2) is 61.2 Å². The summed E-state index contributed by atoms with van der Waals surface area (Å²) in [5, 5.41) is 10.8. The van der Waals surface area contributed by atoms with Crippen molar-refractivity contribution >= 4 is 11.7 Å². The van der Waals surface area contributed by atoms with Gasteiger partial charge in [0.1, 0.15) is 0 Å². The maximum Gasteiger partial charge on any atom is 0.273 e. The van der Waals surface area contributed by atoms with Crippen LogP contribution in [-0.2, 0) is 19.5 Å². The van der Waals surface area contributed by atoms with Crippen molar-refractivity contribution in [1.29, 1.82) is 0 Å². The second-order valence-corrected chi connectivity index (χ2v) is 6.20. The lowest BCUT2D eigenvalue weighted by molar-refractivity contribution is 0.0945. The van der Waals surface area contributed by atoms with Gasteiger partial charge >= 0.3 is 0 Å². The van der Waals surface area contributed by atoms with E-state index in [1.807, 2.05) is 41.1 Å². The molecule has 0 fully saturated rings. The molecule has 3 heterocycles. The molecule has 0 atom stereocenters. The average molecular weight is 361 g/mol. The summed E-state index contributed by atoms with van der Waals surface area (Å²) >= 11 is 0. The van der Waals surface area contributed by atoms with Crippen molar-refractivity contribution in [3.8, 4) is 0 Å². The minimum atomic E-state index is -0.269. The molecule has 27 heavy (non-hydrogen) atoms. The number of nitrogens with one attached hydrogen (secondary N) is 1. The summed E-state index contributed by atoms with van der Waals surface area (Å²) in [5.41, 5.74) is 2.33. The summed E-state index contributed by atoms with van der Waals surface area (Å²) in [4.78, 5) is 20.8. The number of aryl methyl sites for hydroxylation is 2. The Labute approximate surface area is 155 Å². The van der Waals surface area contributed by atoms with Crippen molar-refractivity contribution in [3.05, 3.63) is 78.1 Å². The molecule has 1 N–H and O–H groups in total. The predicted molar refractivity (Wildman–Crippen MR) is 98.9 cm³/mol. The topological polar surface area (TPSA) is 90.0 Å². The summed E-state index contributed by atoms with van der Waals surface area (Å²) in [6.07, 6.45) is 8.95. The Bertz CT molecular complexity index is 1010. The van der Waals surface area contributed by atoms with Crippen LogP contribution in [0.1, 0.15) is 28.2 Å². The molecule has 0 spiro atoms. The highest BCUT2D eigenvalue weighted by Gasteiger charge is 2.11. The molecule has 0 saturated carbocycles. The summed E-state index contributed by atoms with van der Waals surface area (Å²) in [6.45, 7) is 1.02.